The zero-order valence-electron chi connectivity index (χ0n) is 16.7. The van der Waals surface area contributed by atoms with Gasteiger partial charge in [-0.1, -0.05) is 18.2 Å². The van der Waals surface area contributed by atoms with E-state index in [-0.39, 0.29) is 17.7 Å². The molecule has 2 aliphatic heterocycles. The molecule has 0 spiro atoms. The molecule has 0 radical (unpaired) electrons. The maximum Gasteiger partial charge on any atom is 0.254 e. The number of aromatic nitrogens is 1. The number of rotatable bonds is 2. The quantitative estimate of drug-likeness (QED) is 0.786. The summed E-state index contributed by atoms with van der Waals surface area (Å²) in [6.07, 6.45) is 4.44. The number of hydrogen-bond acceptors (Lipinski definition) is 4. The summed E-state index contributed by atoms with van der Waals surface area (Å²) >= 11 is 0. The van der Waals surface area contributed by atoms with Crippen molar-refractivity contribution >= 4 is 22.7 Å². The van der Waals surface area contributed by atoms with Crippen LogP contribution in [-0.4, -0.2) is 66.0 Å². The van der Waals surface area contributed by atoms with Crippen molar-refractivity contribution in [3.63, 3.8) is 0 Å². The molecular formula is C23H27N3O3. The third kappa shape index (κ3) is 3.39. The van der Waals surface area contributed by atoms with Crippen molar-refractivity contribution in [2.45, 2.75) is 32.1 Å². The van der Waals surface area contributed by atoms with Gasteiger partial charge in [0.15, 0.2) is 0 Å². The number of hydrogen-bond donors (Lipinski definition) is 0. The number of morpholine rings is 1. The minimum atomic E-state index is 0.0250. The molecular weight excluding hydrogens is 366 g/mol. The highest BCUT2D eigenvalue weighted by Gasteiger charge is 2.33. The molecule has 1 aromatic heterocycles. The van der Waals surface area contributed by atoms with Gasteiger partial charge in [0.2, 0.25) is 5.91 Å². The molecule has 29 heavy (non-hydrogen) atoms. The normalized spacial score (nSPS) is 20.1. The minimum absolute atomic E-state index is 0.0250. The molecule has 1 aliphatic carbocycles. The van der Waals surface area contributed by atoms with E-state index in [0.717, 1.165) is 59.8 Å². The van der Waals surface area contributed by atoms with Gasteiger partial charge in [0, 0.05) is 43.2 Å². The van der Waals surface area contributed by atoms with Crippen LogP contribution in [0.3, 0.4) is 0 Å². The number of likely N-dealkylation sites (tertiary alicyclic amines) is 1. The molecule has 2 aromatic rings. The number of para-hydroxylation sites is 1. The fraction of sp³-hybridized carbons (Fsp3) is 0.522. The molecule has 0 bridgehead atoms. The van der Waals surface area contributed by atoms with Crippen LogP contribution in [0, 0.1) is 5.92 Å². The number of fused-ring (bicyclic) bond motifs is 2. The number of amides is 2. The lowest BCUT2D eigenvalue weighted by Crippen LogP contribution is -2.47. The van der Waals surface area contributed by atoms with Crippen molar-refractivity contribution in [2.24, 2.45) is 5.92 Å². The van der Waals surface area contributed by atoms with Crippen molar-refractivity contribution < 1.29 is 14.3 Å². The fourth-order valence-corrected chi connectivity index (χ4v) is 4.98. The zero-order chi connectivity index (χ0) is 19.8. The monoisotopic (exact) mass is 393 g/mol. The van der Waals surface area contributed by atoms with Gasteiger partial charge in [-0.3, -0.25) is 14.6 Å². The van der Waals surface area contributed by atoms with Gasteiger partial charge in [-0.15, -0.1) is 0 Å². The lowest BCUT2D eigenvalue weighted by Gasteiger charge is -2.35. The molecule has 6 nitrogen and oxygen atoms in total. The van der Waals surface area contributed by atoms with Crippen LogP contribution in [0.25, 0.3) is 10.9 Å². The summed E-state index contributed by atoms with van der Waals surface area (Å²) in [7, 11) is 0. The van der Waals surface area contributed by atoms with Crippen LogP contribution in [0.1, 0.15) is 40.9 Å². The Hall–Kier alpha value is -2.47. The van der Waals surface area contributed by atoms with E-state index in [1.165, 1.54) is 0 Å². The van der Waals surface area contributed by atoms with E-state index in [1.54, 1.807) is 0 Å². The Labute approximate surface area is 170 Å². The summed E-state index contributed by atoms with van der Waals surface area (Å²) in [5, 5.41) is 0.963. The molecule has 152 valence electrons. The van der Waals surface area contributed by atoms with Gasteiger partial charge in [-0.2, -0.15) is 0 Å². The van der Waals surface area contributed by atoms with Crippen molar-refractivity contribution in [3.05, 3.63) is 41.1 Å². The SMILES string of the molecule is O=C(c1c2c(nc3ccccc13)CCC2)N1CCC(C(=O)N2CCOCC2)CC1. The van der Waals surface area contributed by atoms with Crippen LogP contribution in [0.15, 0.2) is 24.3 Å². The molecule has 5 rings (SSSR count). The molecule has 2 saturated heterocycles. The summed E-state index contributed by atoms with van der Waals surface area (Å²) in [6, 6.07) is 7.98. The number of pyridine rings is 1. The number of nitrogens with zero attached hydrogens (tertiary/aromatic N) is 3. The second-order valence-electron chi connectivity index (χ2n) is 8.29. The van der Waals surface area contributed by atoms with E-state index in [9.17, 15) is 9.59 Å². The second kappa shape index (κ2) is 7.75. The Morgan fingerprint density at radius 2 is 1.72 bits per heavy atom. The lowest BCUT2D eigenvalue weighted by molar-refractivity contribution is -0.141. The summed E-state index contributed by atoms with van der Waals surface area (Å²) in [6.45, 7) is 3.92. The molecule has 2 fully saturated rings. The van der Waals surface area contributed by atoms with Gasteiger partial charge >= 0.3 is 0 Å². The van der Waals surface area contributed by atoms with Gasteiger partial charge < -0.3 is 14.5 Å². The summed E-state index contributed by atoms with van der Waals surface area (Å²) in [5.74, 6) is 0.367. The average molecular weight is 393 g/mol. The van der Waals surface area contributed by atoms with Gasteiger partial charge in [0.25, 0.3) is 5.91 Å². The number of carbonyl (C=O) groups is 2. The predicted octanol–water partition coefficient (Wildman–Crippen LogP) is 2.43. The van der Waals surface area contributed by atoms with E-state index in [4.69, 9.17) is 9.72 Å². The topological polar surface area (TPSA) is 62.7 Å². The first-order valence-corrected chi connectivity index (χ1v) is 10.8. The molecule has 0 N–H and O–H groups in total. The van der Waals surface area contributed by atoms with Crippen molar-refractivity contribution in [2.75, 3.05) is 39.4 Å². The number of aryl methyl sites for hydroxylation is 1. The molecule has 0 saturated carbocycles. The highest BCUT2D eigenvalue weighted by Crippen LogP contribution is 2.32. The standard InChI is InChI=1S/C23H27N3O3/c27-22(26-12-14-29-15-13-26)16-8-10-25(11-9-16)23(28)21-17-4-1-2-6-19(17)24-20-7-3-5-18(20)21/h1-2,4,6,16H,3,5,7-15H2. The van der Waals surface area contributed by atoms with Gasteiger partial charge in [-0.25, -0.2) is 0 Å². The van der Waals surface area contributed by atoms with Gasteiger partial charge in [0.1, 0.15) is 0 Å². The smallest absolute Gasteiger partial charge is 0.254 e. The number of piperidine rings is 1. The molecule has 0 unspecified atom stereocenters. The van der Waals surface area contributed by atoms with E-state index in [1.807, 2.05) is 34.1 Å². The highest BCUT2D eigenvalue weighted by atomic mass is 16.5. The second-order valence-corrected chi connectivity index (χ2v) is 8.29. The first-order valence-electron chi connectivity index (χ1n) is 10.8. The van der Waals surface area contributed by atoms with Crippen molar-refractivity contribution in [3.8, 4) is 0 Å². The highest BCUT2D eigenvalue weighted by molar-refractivity contribution is 6.08. The minimum Gasteiger partial charge on any atom is -0.378 e. The zero-order valence-corrected chi connectivity index (χ0v) is 16.7. The Morgan fingerprint density at radius 3 is 2.52 bits per heavy atom. The summed E-state index contributed by atoms with van der Waals surface area (Å²) in [5.41, 5.74) is 3.99. The first-order chi connectivity index (χ1) is 14.2. The Kier molecular flexibility index (Phi) is 4.96. The van der Waals surface area contributed by atoms with Crippen LogP contribution in [0.4, 0.5) is 0 Å². The van der Waals surface area contributed by atoms with E-state index in [0.29, 0.717) is 39.4 Å². The van der Waals surface area contributed by atoms with E-state index >= 15 is 0 Å². The molecule has 2 amide bonds. The number of benzene rings is 1. The van der Waals surface area contributed by atoms with Crippen LogP contribution in [0.5, 0.6) is 0 Å². The summed E-state index contributed by atoms with van der Waals surface area (Å²) in [4.78, 5) is 35.0. The Bertz CT molecular complexity index is 944. The maximum atomic E-state index is 13.5. The van der Waals surface area contributed by atoms with E-state index < -0.39 is 0 Å². The molecule has 3 aliphatic rings. The number of carbonyl (C=O) groups excluding carboxylic acids is 2. The molecule has 1 aromatic carbocycles. The average Bonchev–Trinajstić information content (AvgIpc) is 3.25. The largest absolute Gasteiger partial charge is 0.378 e. The lowest BCUT2D eigenvalue weighted by atomic mass is 9.93. The number of ether oxygens (including phenoxy) is 1. The predicted molar refractivity (Wildman–Crippen MR) is 110 cm³/mol. The molecule has 0 atom stereocenters. The van der Waals surface area contributed by atoms with Crippen molar-refractivity contribution in [1.29, 1.82) is 0 Å². The first kappa shape index (κ1) is 18.6. The van der Waals surface area contributed by atoms with Crippen LogP contribution >= 0.6 is 0 Å². The third-order valence-corrected chi connectivity index (χ3v) is 6.59. The summed E-state index contributed by atoms with van der Waals surface area (Å²) < 4.78 is 5.35. The Balaban J connectivity index is 1.34. The Morgan fingerprint density at radius 1 is 0.966 bits per heavy atom. The maximum absolute atomic E-state index is 13.5. The fourth-order valence-electron chi connectivity index (χ4n) is 4.98. The third-order valence-electron chi connectivity index (χ3n) is 6.59. The van der Waals surface area contributed by atoms with E-state index in [2.05, 4.69) is 0 Å². The van der Waals surface area contributed by atoms with Crippen LogP contribution in [-0.2, 0) is 22.4 Å². The van der Waals surface area contributed by atoms with Crippen LogP contribution < -0.4 is 0 Å². The van der Waals surface area contributed by atoms with Crippen molar-refractivity contribution in [1.82, 2.24) is 14.8 Å². The van der Waals surface area contributed by atoms with Gasteiger partial charge in [0.05, 0.1) is 24.3 Å². The molecule has 3 heterocycles. The van der Waals surface area contributed by atoms with Gasteiger partial charge in [-0.05, 0) is 43.7 Å². The van der Waals surface area contributed by atoms with Crippen LogP contribution in [0.2, 0.25) is 0 Å². The molecule has 6 heteroatoms.